The van der Waals surface area contributed by atoms with Crippen molar-refractivity contribution in [2.75, 3.05) is 4.90 Å². The number of anilines is 3. The van der Waals surface area contributed by atoms with Gasteiger partial charge in [0.05, 0.1) is 5.69 Å². The molecular weight excluding hydrogens is 398 g/mol. The van der Waals surface area contributed by atoms with Gasteiger partial charge in [0, 0.05) is 26.6 Å². The van der Waals surface area contributed by atoms with Crippen LogP contribution in [-0.2, 0) is 0 Å². The van der Waals surface area contributed by atoms with Gasteiger partial charge in [0.15, 0.2) is 5.58 Å². The Balaban J connectivity index is 1.85. The quantitative estimate of drug-likeness (QED) is 0.299. The summed E-state index contributed by atoms with van der Waals surface area (Å²) < 4.78 is 7.32. The zero-order valence-electron chi connectivity index (χ0n) is 14.5. The van der Waals surface area contributed by atoms with Crippen LogP contribution in [0.2, 0.25) is 0 Å². The lowest BCUT2D eigenvalue weighted by Crippen LogP contribution is -2.10. The molecule has 5 aromatic rings. The lowest BCUT2D eigenvalue weighted by Gasteiger charge is -2.25. The van der Waals surface area contributed by atoms with E-state index in [0.717, 1.165) is 43.5 Å². The molecular formula is C24H16BrNO. The van der Waals surface area contributed by atoms with Gasteiger partial charge in [0.1, 0.15) is 5.58 Å². The zero-order chi connectivity index (χ0) is 18.2. The van der Waals surface area contributed by atoms with Crippen molar-refractivity contribution in [3.63, 3.8) is 0 Å². The molecule has 0 spiro atoms. The summed E-state index contributed by atoms with van der Waals surface area (Å²) in [6.45, 7) is 0. The predicted octanol–water partition coefficient (Wildman–Crippen LogP) is 7.82. The Morgan fingerprint density at radius 1 is 0.630 bits per heavy atom. The highest BCUT2D eigenvalue weighted by Gasteiger charge is 2.19. The third-order valence-electron chi connectivity index (χ3n) is 4.69. The molecule has 0 fully saturated rings. The monoisotopic (exact) mass is 413 g/mol. The fraction of sp³-hybridized carbons (Fsp3) is 0. The SMILES string of the molecule is Brc1cc(N(c2ccccc2)c2ccccc2)c2oc3ccccc3c2c1. The van der Waals surface area contributed by atoms with E-state index in [4.69, 9.17) is 4.42 Å². The van der Waals surface area contributed by atoms with Gasteiger partial charge >= 0.3 is 0 Å². The van der Waals surface area contributed by atoms with E-state index in [1.54, 1.807) is 0 Å². The van der Waals surface area contributed by atoms with Crippen LogP contribution in [-0.4, -0.2) is 0 Å². The first-order chi connectivity index (χ1) is 13.3. The maximum atomic E-state index is 6.30. The molecule has 0 saturated carbocycles. The minimum absolute atomic E-state index is 0.882. The number of fused-ring (bicyclic) bond motifs is 3. The van der Waals surface area contributed by atoms with Gasteiger partial charge in [-0.25, -0.2) is 0 Å². The number of halogens is 1. The van der Waals surface area contributed by atoms with Crippen LogP contribution in [0, 0.1) is 0 Å². The van der Waals surface area contributed by atoms with E-state index in [0.29, 0.717) is 0 Å². The first kappa shape index (κ1) is 16.2. The van der Waals surface area contributed by atoms with Crippen LogP contribution in [0.3, 0.4) is 0 Å². The number of nitrogens with zero attached hydrogens (tertiary/aromatic N) is 1. The van der Waals surface area contributed by atoms with E-state index in [-0.39, 0.29) is 0 Å². The molecule has 0 bridgehead atoms. The molecule has 130 valence electrons. The second-order valence-electron chi connectivity index (χ2n) is 6.41. The number of benzene rings is 4. The van der Waals surface area contributed by atoms with Gasteiger partial charge < -0.3 is 9.32 Å². The average Bonchev–Trinajstić information content (AvgIpc) is 3.09. The largest absolute Gasteiger partial charge is 0.454 e. The van der Waals surface area contributed by atoms with Gasteiger partial charge in [-0.1, -0.05) is 70.5 Å². The molecule has 0 radical (unpaired) electrons. The molecule has 1 aromatic heterocycles. The van der Waals surface area contributed by atoms with Crippen LogP contribution >= 0.6 is 15.9 Å². The summed E-state index contributed by atoms with van der Waals surface area (Å²) in [4.78, 5) is 2.23. The number of para-hydroxylation sites is 3. The Morgan fingerprint density at radius 3 is 1.89 bits per heavy atom. The lowest BCUT2D eigenvalue weighted by atomic mass is 10.1. The Bertz CT molecular complexity index is 1190. The third kappa shape index (κ3) is 2.81. The van der Waals surface area contributed by atoms with Crippen molar-refractivity contribution >= 4 is 54.9 Å². The van der Waals surface area contributed by atoms with Crippen LogP contribution in [0.25, 0.3) is 21.9 Å². The number of rotatable bonds is 3. The van der Waals surface area contributed by atoms with Gasteiger partial charge in [-0.3, -0.25) is 0 Å². The highest BCUT2D eigenvalue weighted by atomic mass is 79.9. The van der Waals surface area contributed by atoms with E-state index in [2.05, 4.69) is 87.6 Å². The van der Waals surface area contributed by atoms with Crippen LogP contribution in [0.1, 0.15) is 0 Å². The molecule has 2 nitrogen and oxygen atoms in total. The summed E-state index contributed by atoms with van der Waals surface area (Å²) in [6, 6.07) is 33.1. The zero-order valence-corrected chi connectivity index (χ0v) is 16.1. The number of hydrogen-bond donors (Lipinski definition) is 0. The van der Waals surface area contributed by atoms with Gasteiger partial charge in [-0.15, -0.1) is 0 Å². The van der Waals surface area contributed by atoms with Crippen molar-refractivity contribution < 1.29 is 4.42 Å². The molecule has 1 heterocycles. The number of hydrogen-bond acceptors (Lipinski definition) is 2. The Morgan fingerprint density at radius 2 is 1.22 bits per heavy atom. The molecule has 0 aliphatic carbocycles. The van der Waals surface area contributed by atoms with Crippen molar-refractivity contribution in [2.45, 2.75) is 0 Å². The van der Waals surface area contributed by atoms with Crippen molar-refractivity contribution in [3.8, 4) is 0 Å². The highest BCUT2D eigenvalue weighted by Crippen LogP contribution is 2.43. The van der Waals surface area contributed by atoms with Gasteiger partial charge in [-0.05, 0) is 42.5 Å². The van der Waals surface area contributed by atoms with Crippen molar-refractivity contribution in [3.05, 3.63) is 102 Å². The number of furan rings is 1. The van der Waals surface area contributed by atoms with E-state index in [1.807, 2.05) is 30.3 Å². The maximum absolute atomic E-state index is 6.30. The minimum atomic E-state index is 0.882. The molecule has 4 aromatic carbocycles. The van der Waals surface area contributed by atoms with Crippen molar-refractivity contribution in [2.24, 2.45) is 0 Å². The van der Waals surface area contributed by atoms with Crippen LogP contribution < -0.4 is 4.90 Å². The molecule has 0 atom stereocenters. The maximum Gasteiger partial charge on any atom is 0.159 e. The van der Waals surface area contributed by atoms with Gasteiger partial charge in [0.25, 0.3) is 0 Å². The summed E-state index contributed by atoms with van der Waals surface area (Å²) in [7, 11) is 0. The molecule has 0 aliphatic heterocycles. The second-order valence-corrected chi connectivity index (χ2v) is 7.32. The van der Waals surface area contributed by atoms with Gasteiger partial charge in [-0.2, -0.15) is 0 Å². The first-order valence-corrected chi connectivity index (χ1v) is 9.61. The fourth-order valence-electron chi connectivity index (χ4n) is 3.52. The summed E-state index contributed by atoms with van der Waals surface area (Å²) in [5.41, 5.74) is 4.96. The predicted molar refractivity (Wildman–Crippen MR) is 116 cm³/mol. The Labute approximate surface area is 165 Å². The molecule has 27 heavy (non-hydrogen) atoms. The standard InChI is InChI=1S/C24H16BrNO/c25-17-15-21-20-13-7-8-14-23(20)27-24(21)22(16-17)26(18-9-3-1-4-10-18)19-11-5-2-6-12-19/h1-16H. The van der Waals surface area contributed by atoms with E-state index in [1.165, 1.54) is 0 Å². The van der Waals surface area contributed by atoms with Gasteiger partial charge in [0.2, 0.25) is 0 Å². The summed E-state index contributed by atoms with van der Waals surface area (Å²) in [5, 5.41) is 2.22. The Hall–Kier alpha value is -3.04. The van der Waals surface area contributed by atoms with Crippen LogP contribution in [0.15, 0.2) is 106 Å². The topological polar surface area (TPSA) is 16.4 Å². The molecule has 3 heteroatoms. The summed E-state index contributed by atoms with van der Waals surface area (Å²) >= 11 is 3.70. The average molecular weight is 414 g/mol. The molecule has 0 unspecified atom stereocenters. The van der Waals surface area contributed by atoms with Crippen molar-refractivity contribution in [1.29, 1.82) is 0 Å². The normalized spacial score (nSPS) is 11.1. The third-order valence-corrected chi connectivity index (χ3v) is 5.15. The molecule has 0 N–H and O–H groups in total. The highest BCUT2D eigenvalue weighted by molar-refractivity contribution is 9.10. The fourth-order valence-corrected chi connectivity index (χ4v) is 3.97. The second kappa shape index (κ2) is 6.60. The van der Waals surface area contributed by atoms with Crippen molar-refractivity contribution in [1.82, 2.24) is 0 Å². The smallest absolute Gasteiger partial charge is 0.159 e. The van der Waals surface area contributed by atoms with E-state index >= 15 is 0 Å². The first-order valence-electron chi connectivity index (χ1n) is 8.82. The van der Waals surface area contributed by atoms with Crippen LogP contribution in [0.5, 0.6) is 0 Å². The van der Waals surface area contributed by atoms with E-state index < -0.39 is 0 Å². The molecule has 5 rings (SSSR count). The van der Waals surface area contributed by atoms with E-state index in [9.17, 15) is 0 Å². The molecule has 0 aliphatic rings. The summed E-state index contributed by atoms with van der Waals surface area (Å²) in [6.07, 6.45) is 0. The molecule has 0 amide bonds. The Kier molecular flexibility index (Phi) is 3.95. The summed E-state index contributed by atoms with van der Waals surface area (Å²) in [5.74, 6) is 0. The van der Waals surface area contributed by atoms with Crippen LogP contribution in [0.4, 0.5) is 17.1 Å². The molecule has 0 saturated heterocycles. The lowest BCUT2D eigenvalue weighted by molar-refractivity contribution is 0.669. The minimum Gasteiger partial charge on any atom is -0.454 e.